The summed E-state index contributed by atoms with van der Waals surface area (Å²) in [7, 11) is 0. The molecule has 4 heterocycles. The summed E-state index contributed by atoms with van der Waals surface area (Å²) >= 11 is 0. The minimum atomic E-state index is -0.0405. The Kier molecular flexibility index (Phi) is 3.78. The van der Waals surface area contributed by atoms with Gasteiger partial charge in [-0.2, -0.15) is 10.2 Å². The number of H-pyrrole nitrogens is 1. The Hall–Kier alpha value is -2.70. The lowest BCUT2D eigenvalue weighted by molar-refractivity contribution is 0.0599. The maximum absolute atomic E-state index is 13.2. The lowest BCUT2D eigenvalue weighted by Gasteiger charge is -2.35. The summed E-state index contributed by atoms with van der Waals surface area (Å²) in [6, 6.07) is 3.78. The van der Waals surface area contributed by atoms with Crippen LogP contribution in [0.1, 0.15) is 58.4 Å². The third-order valence-electron chi connectivity index (χ3n) is 4.92. The third-order valence-corrected chi connectivity index (χ3v) is 4.92. The molecule has 0 aromatic carbocycles. The van der Waals surface area contributed by atoms with Crippen molar-refractivity contribution in [2.75, 3.05) is 6.54 Å². The van der Waals surface area contributed by atoms with E-state index in [-0.39, 0.29) is 11.9 Å². The molecule has 1 aliphatic heterocycles. The summed E-state index contributed by atoms with van der Waals surface area (Å²) < 4.78 is 1.74. The molecule has 0 aliphatic carbocycles. The highest BCUT2D eigenvalue weighted by Gasteiger charge is 2.32. The first kappa shape index (κ1) is 15.8. The van der Waals surface area contributed by atoms with Gasteiger partial charge in [0.2, 0.25) is 0 Å². The van der Waals surface area contributed by atoms with Crippen molar-refractivity contribution in [3.05, 3.63) is 46.7 Å². The molecule has 0 bridgehead atoms. The van der Waals surface area contributed by atoms with Crippen molar-refractivity contribution >= 4 is 11.6 Å². The highest BCUT2D eigenvalue weighted by Crippen LogP contribution is 2.32. The van der Waals surface area contributed by atoms with Gasteiger partial charge in [-0.1, -0.05) is 0 Å². The van der Waals surface area contributed by atoms with E-state index in [1.165, 1.54) is 0 Å². The normalized spacial score (nSPS) is 18.0. The van der Waals surface area contributed by atoms with Crippen LogP contribution in [0.4, 0.5) is 0 Å². The standard InChI is InChI=1S/C18H22N6O/c1-11-10-19-21-17(11)15-6-4-5-7-23(15)18(25)14-9-16-20-12(2)8-13(3)24(16)22-14/h8-10,15H,4-7H2,1-3H3,(H,19,21). The zero-order chi connectivity index (χ0) is 17.6. The van der Waals surface area contributed by atoms with Gasteiger partial charge in [0.15, 0.2) is 11.3 Å². The fourth-order valence-corrected chi connectivity index (χ4v) is 3.71. The molecule has 0 spiro atoms. The molecular weight excluding hydrogens is 316 g/mol. The smallest absolute Gasteiger partial charge is 0.275 e. The van der Waals surface area contributed by atoms with Gasteiger partial charge in [0, 0.05) is 24.0 Å². The summed E-state index contributed by atoms with van der Waals surface area (Å²) in [5.41, 5.74) is 5.18. The number of piperidine rings is 1. The Bertz CT molecular complexity index is 940. The van der Waals surface area contributed by atoms with Gasteiger partial charge < -0.3 is 4.90 Å². The van der Waals surface area contributed by atoms with Crippen LogP contribution in [0.2, 0.25) is 0 Å². The monoisotopic (exact) mass is 338 g/mol. The number of aromatic nitrogens is 5. The first-order chi connectivity index (χ1) is 12.0. The largest absolute Gasteiger partial charge is 0.329 e. The van der Waals surface area contributed by atoms with Gasteiger partial charge in [-0.15, -0.1) is 0 Å². The molecule has 3 aromatic heterocycles. The van der Waals surface area contributed by atoms with Gasteiger partial charge in [0.25, 0.3) is 5.91 Å². The Labute approximate surface area is 146 Å². The molecular formula is C18H22N6O. The second-order valence-corrected chi connectivity index (χ2v) is 6.82. The second-order valence-electron chi connectivity index (χ2n) is 6.82. The van der Waals surface area contributed by atoms with E-state index in [1.54, 1.807) is 10.6 Å². The Morgan fingerprint density at radius 1 is 1.24 bits per heavy atom. The Morgan fingerprint density at radius 2 is 2.08 bits per heavy atom. The van der Waals surface area contributed by atoms with Gasteiger partial charge in [0.05, 0.1) is 17.9 Å². The number of aromatic amines is 1. The van der Waals surface area contributed by atoms with Crippen LogP contribution in [0.5, 0.6) is 0 Å². The predicted molar refractivity (Wildman–Crippen MR) is 93.4 cm³/mol. The number of aryl methyl sites for hydroxylation is 3. The lowest BCUT2D eigenvalue weighted by Crippen LogP contribution is -2.39. The number of carbonyl (C=O) groups excluding carboxylic acids is 1. The number of nitrogens with one attached hydrogen (secondary N) is 1. The summed E-state index contributed by atoms with van der Waals surface area (Å²) in [6.45, 7) is 6.68. The van der Waals surface area contributed by atoms with Crippen LogP contribution < -0.4 is 0 Å². The molecule has 1 N–H and O–H groups in total. The van der Waals surface area contributed by atoms with Crippen LogP contribution in [0.25, 0.3) is 5.65 Å². The average molecular weight is 338 g/mol. The van der Waals surface area contributed by atoms with Crippen LogP contribution in [-0.2, 0) is 0 Å². The summed E-state index contributed by atoms with van der Waals surface area (Å²) in [4.78, 5) is 19.6. The van der Waals surface area contributed by atoms with Crippen LogP contribution in [0, 0.1) is 20.8 Å². The highest BCUT2D eigenvalue weighted by molar-refractivity contribution is 5.93. The van der Waals surface area contributed by atoms with Gasteiger partial charge in [0.1, 0.15) is 0 Å². The lowest BCUT2D eigenvalue weighted by atomic mass is 9.97. The molecule has 0 saturated carbocycles. The van der Waals surface area contributed by atoms with E-state index in [0.29, 0.717) is 11.3 Å². The molecule has 1 unspecified atom stereocenters. The molecule has 25 heavy (non-hydrogen) atoms. The van der Waals surface area contributed by atoms with Crippen molar-refractivity contribution in [1.82, 2.24) is 29.7 Å². The summed E-state index contributed by atoms with van der Waals surface area (Å²) in [5.74, 6) is -0.0405. The molecule has 130 valence electrons. The Balaban J connectivity index is 1.71. The molecule has 1 atom stereocenters. The molecule has 0 radical (unpaired) electrons. The fraction of sp³-hybridized carbons (Fsp3) is 0.444. The summed E-state index contributed by atoms with van der Waals surface area (Å²) in [6.07, 6.45) is 4.88. The van der Waals surface area contributed by atoms with Gasteiger partial charge in [-0.25, -0.2) is 9.50 Å². The number of carbonyl (C=O) groups is 1. The summed E-state index contributed by atoms with van der Waals surface area (Å²) in [5, 5.41) is 11.7. The molecule has 1 amide bonds. The first-order valence-corrected chi connectivity index (χ1v) is 8.69. The first-order valence-electron chi connectivity index (χ1n) is 8.69. The minimum absolute atomic E-state index is 0.0318. The van der Waals surface area contributed by atoms with Gasteiger partial charge in [-0.3, -0.25) is 9.89 Å². The van der Waals surface area contributed by atoms with Crippen LogP contribution in [-0.4, -0.2) is 42.1 Å². The number of hydrogen-bond donors (Lipinski definition) is 1. The average Bonchev–Trinajstić information content (AvgIpc) is 3.20. The maximum Gasteiger partial charge on any atom is 0.275 e. The SMILES string of the molecule is Cc1cc(C)n2nc(C(=O)N3CCCCC3c3[nH]ncc3C)cc2n1. The molecule has 7 heteroatoms. The van der Waals surface area contributed by atoms with Crippen molar-refractivity contribution in [3.63, 3.8) is 0 Å². The molecule has 7 nitrogen and oxygen atoms in total. The number of rotatable bonds is 2. The van der Waals surface area contributed by atoms with Crippen molar-refractivity contribution in [1.29, 1.82) is 0 Å². The van der Waals surface area contributed by atoms with Crippen LogP contribution in [0.15, 0.2) is 18.3 Å². The fourth-order valence-electron chi connectivity index (χ4n) is 3.71. The maximum atomic E-state index is 13.2. The van der Waals surface area contributed by atoms with E-state index in [0.717, 1.165) is 48.5 Å². The number of nitrogens with zero attached hydrogens (tertiary/aromatic N) is 5. The van der Waals surface area contributed by atoms with Crippen LogP contribution in [0.3, 0.4) is 0 Å². The molecule has 1 fully saturated rings. The predicted octanol–water partition coefficient (Wildman–Crippen LogP) is 2.75. The van der Waals surface area contributed by atoms with Crippen LogP contribution >= 0.6 is 0 Å². The van der Waals surface area contributed by atoms with Gasteiger partial charge in [-0.05, 0) is 51.7 Å². The van der Waals surface area contributed by atoms with E-state index in [9.17, 15) is 4.79 Å². The molecule has 3 aromatic rings. The van der Waals surface area contributed by atoms with Crippen molar-refractivity contribution in [2.24, 2.45) is 0 Å². The van der Waals surface area contributed by atoms with Crippen molar-refractivity contribution in [2.45, 2.75) is 46.1 Å². The third kappa shape index (κ3) is 2.69. The highest BCUT2D eigenvalue weighted by atomic mass is 16.2. The molecule has 1 saturated heterocycles. The topological polar surface area (TPSA) is 79.2 Å². The number of fused-ring (bicyclic) bond motifs is 1. The number of amides is 1. The number of likely N-dealkylation sites (tertiary alicyclic amines) is 1. The van der Waals surface area contributed by atoms with Crippen molar-refractivity contribution < 1.29 is 4.79 Å². The zero-order valence-electron chi connectivity index (χ0n) is 14.8. The second kappa shape index (κ2) is 5.98. The van der Waals surface area contributed by atoms with Crippen molar-refractivity contribution in [3.8, 4) is 0 Å². The Morgan fingerprint density at radius 3 is 2.84 bits per heavy atom. The van der Waals surface area contributed by atoms with E-state index in [2.05, 4.69) is 20.3 Å². The van der Waals surface area contributed by atoms with E-state index < -0.39 is 0 Å². The van der Waals surface area contributed by atoms with E-state index >= 15 is 0 Å². The quantitative estimate of drug-likeness (QED) is 0.779. The number of hydrogen-bond acceptors (Lipinski definition) is 4. The van der Waals surface area contributed by atoms with Gasteiger partial charge >= 0.3 is 0 Å². The minimum Gasteiger partial charge on any atom is -0.329 e. The van der Waals surface area contributed by atoms with E-state index in [1.807, 2.05) is 37.9 Å². The molecule has 4 rings (SSSR count). The zero-order valence-corrected chi connectivity index (χ0v) is 14.8. The van der Waals surface area contributed by atoms with E-state index in [4.69, 9.17) is 0 Å². The molecule has 1 aliphatic rings.